The van der Waals surface area contributed by atoms with Crippen molar-refractivity contribution in [1.29, 1.82) is 0 Å². The molecule has 0 aromatic carbocycles. The van der Waals surface area contributed by atoms with Crippen LogP contribution in [0.3, 0.4) is 0 Å². The van der Waals surface area contributed by atoms with Gasteiger partial charge in [0.1, 0.15) is 11.9 Å². The van der Waals surface area contributed by atoms with E-state index in [-0.39, 0.29) is 23.7 Å². The molecule has 0 N–H and O–H groups in total. The van der Waals surface area contributed by atoms with E-state index < -0.39 is 0 Å². The van der Waals surface area contributed by atoms with Crippen LogP contribution < -0.4 is 0 Å². The number of hydrogen-bond donors (Lipinski definition) is 0. The van der Waals surface area contributed by atoms with Crippen molar-refractivity contribution in [3.05, 3.63) is 21.9 Å². The van der Waals surface area contributed by atoms with Gasteiger partial charge in [0.15, 0.2) is 0 Å². The fourth-order valence-corrected chi connectivity index (χ4v) is 4.23. The zero-order valence-corrected chi connectivity index (χ0v) is 12.3. The summed E-state index contributed by atoms with van der Waals surface area (Å²) in [7, 11) is 3.42. The van der Waals surface area contributed by atoms with Crippen molar-refractivity contribution in [2.45, 2.75) is 12.3 Å². The molecule has 1 fully saturated rings. The molecule has 1 aliphatic rings. The van der Waals surface area contributed by atoms with Crippen LogP contribution in [0.2, 0.25) is 0 Å². The highest BCUT2D eigenvalue weighted by atomic mass is 32.2. The highest BCUT2D eigenvalue weighted by Crippen LogP contribution is 2.42. The Hall–Kier alpha value is -1.01. The maximum atomic E-state index is 11.9. The zero-order valence-electron chi connectivity index (χ0n) is 10.7. The summed E-state index contributed by atoms with van der Waals surface area (Å²) in [6.07, 6.45) is 0. The third kappa shape index (κ3) is 2.54. The molecule has 1 atom stereocenters. The molecule has 0 unspecified atom stereocenters. The number of nitrogens with zero attached hydrogens (tertiary/aromatic N) is 2. The molecule has 0 radical (unpaired) electrons. The predicted molar refractivity (Wildman–Crippen MR) is 74.7 cm³/mol. The van der Waals surface area contributed by atoms with Gasteiger partial charge in [0.2, 0.25) is 11.8 Å². The summed E-state index contributed by atoms with van der Waals surface area (Å²) >= 11 is 3.25. The van der Waals surface area contributed by atoms with Gasteiger partial charge in [-0.3, -0.25) is 9.59 Å². The monoisotopic (exact) mass is 284 g/mol. The molecule has 98 valence electrons. The first-order valence-electron chi connectivity index (χ1n) is 5.66. The Morgan fingerprint density at radius 3 is 2.83 bits per heavy atom. The highest BCUT2D eigenvalue weighted by molar-refractivity contribution is 8.00. The average Bonchev–Trinajstić information content (AvgIpc) is 2.86. The summed E-state index contributed by atoms with van der Waals surface area (Å²) in [4.78, 5) is 28.0. The third-order valence-corrected chi connectivity index (χ3v) is 5.34. The summed E-state index contributed by atoms with van der Waals surface area (Å²) in [6, 6.07) is 2.05. The molecule has 4 nitrogen and oxygen atoms in total. The molecule has 1 aromatic heterocycles. The first-order chi connectivity index (χ1) is 8.50. The second-order valence-corrected chi connectivity index (χ2v) is 6.46. The van der Waals surface area contributed by atoms with Gasteiger partial charge in [-0.05, 0) is 23.9 Å². The van der Waals surface area contributed by atoms with Crippen LogP contribution in [0.1, 0.15) is 15.8 Å². The topological polar surface area (TPSA) is 40.6 Å². The minimum absolute atomic E-state index is 0.00130. The lowest BCUT2D eigenvalue weighted by Gasteiger charge is -2.24. The molecule has 18 heavy (non-hydrogen) atoms. The van der Waals surface area contributed by atoms with E-state index in [1.54, 1.807) is 42.1 Å². The van der Waals surface area contributed by atoms with Gasteiger partial charge in [-0.25, -0.2) is 0 Å². The molecule has 2 heterocycles. The van der Waals surface area contributed by atoms with Crippen LogP contribution in [0.5, 0.6) is 0 Å². The number of hydrogen-bond acceptors (Lipinski definition) is 4. The Kier molecular flexibility index (Phi) is 3.97. The third-order valence-electron chi connectivity index (χ3n) is 2.90. The Balaban J connectivity index is 2.18. The predicted octanol–water partition coefficient (Wildman–Crippen LogP) is 1.72. The van der Waals surface area contributed by atoms with Gasteiger partial charge in [0.05, 0.1) is 5.75 Å². The van der Waals surface area contributed by atoms with E-state index in [0.717, 1.165) is 0 Å². The SMILES string of the molecule is Cc1ccsc1[C@H]1SCC(=O)N1CC(=O)N(C)C. The van der Waals surface area contributed by atoms with E-state index in [1.807, 2.05) is 12.3 Å². The number of likely N-dealkylation sites (N-methyl/N-ethyl adjacent to an activating group) is 1. The number of thioether (sulfide) groups is 1. The van der Waals surface area contributed by atoms with E-state index in [2.05, 4.69) is 6.07 Å². The van der Waals surface area contributed by atoms with Crippen LogP contribution in [0.15, 0.2) is 11.4 Å². The summed E-state index contributed by atoms with van der Waals surface area (Å²) in [5.41, 5.74) is 1.19. The van der Waals surface area contributed by atoms with Gasteiger partial charge in [0, 0.05) is 19.0 Å². The van der Waals surface area contributed by atoms with Gasteiger partial charge < -0.3 is 9.80 Å². The first-order valence-corrected chi connectivity index (χ1v) is 7.58. The summed E-state index contributed by atoms with van der Waals surface area (Å²) in [5, 5.41) is 2.03. The normalized spacial score (nSPS) is 19.4. The quantitative estimate of drug-likeness (QED) is 0.848. The Labute approximate surface area is 115 Å². The molecule has 0 bridgehead atoms. The van der Waals surface area contributed by atoms with Crippen molar-refractivity contribution in [2.24, 2.45) is 0 Å². The van der Waals surface area contributed by atoms with Crippen LogP contribution >= 0.6 is 23.1 Å². The molecule has 2 rings (SSSR count). The molecular weight excluding hydrogens is 268 g/mol. The summed E-state index contributed by atoms with van der Waals surface area (Å²) in [5.74, 6) is 0.473. The second kappa shape index (κ2) is 5.32. The maximum absolute atomic E-state index is 11.9. The highest BCUT2D eigenvalue weighted by Gasteiger charge is 2.35. The standard InChI is InChI=1S/C12H16N2O2S2/c1-8-4-5-17-11(8)12-14(10(16)7-18-12)6-9(15)13(2)3/h4-5,12H,6-7H2,1-3H3/t12-/m1/s1. The first kappa shape index (κ1) is 13.4. The van der Waals surface area contributed by atoms with E-state index in [0.29, 0.717) is 5.75 Å². The fraction of sp³-hybridized carbons (Fsp3) is 0.500. The van der Waals surface area contributed by atoms with Gasteiger partial charge in [-0.2, -0.15) is 0 Å². The van der Waals surface area contributed by atoms with Gasteiger partial charge >= 0.3 is 0 Å². The van der Waals surface area contributed by atoms with Gasteiger partial charge in [0.25, 0.3) is 0 Å². The summed E-state index contributed by atoms with van der Waals surface area (Å²) in [6.45, 7) is 2.21. The lowest BCUT2D eigenvalue weighted by molar-refractivity contribution is -0.137. The van der Waals surface area contributed by atoms with Crippen molar-refractivity contribution in [2.75, 3.05) is 26.4 Å². The van der Waals surface area contributed by atoms with Crippen LogP contribution in [0.4, 0.5) is 0 Å². The Bertz CT molecular complexity index is 470. The lowest BCUT2D eigenvalue weighted by atomic mass is 10.2. The minimum atomic E-state index is -0.0370. The molecule has 2 amide bonds. The van der Waals surface area contributed by atoms with E-state index in [4.69, 9.17) is 0 Å². The zero-order chi connectivity index (χ0) is 13.3. The van der Waals surface area contributed by atoms with Crippen molar-refractivity contribution < 1.29 is 9.59 Å². The number of carbonyl (C=O) groups excluding carboxylic acids is 2. The van der Waals surface area contributed by atoms with Crippen LogP contribution in [0.25, 0.3) is 0 Å². The Morgan fingerprint density at radius 1 is 1.56 bits per heavy atom. The number of aryl methyl sites for hydroxylation is 1. The van der Waals surface area contributed by atoms with E-state index in [1.165, 1.54) is 15.3 Å². The fourth-order valence-electron chi connectivity index (χ4n) is 1.77. The van der Waals surface area contributed by atoms with Gasteiger partial charge in [-0.15, -0.1) is 23.1 Å². The van der Waals surface area contributed by atoms with Gasteiger partial charge in [-0.1, -0.05) is 0 Å². The number of amides is 2. The van der Waals surface area contributed by atoms with Crippen molar-refractivity contribution in [3.63, 3.8) is 0 Å². The molecule has 1 aromatic rings. The van der Waals surface area contributed by atoms with Crippen molar-refractivity contribution >= 4 is 34.9 Å². The molecule has 0 saturated carbocycles. The molecule has 0 aliphatic carbocycles. The van der Waals surface area contributed by atoms with Crippen LogP contribution in [-0.2, 0) is 9.59 Å². The molecule has 1 saturated heterocycles. The van der Waals surface area contributed by atoms with Crippen molar-refractivity contribution in [3.8, 4) is 0 Å². The number of rotatable bonds is 3. The minimum Gasteiger partial charge on any atom is -0.347 e. The van der Waals surface area contributed by atoms with Crippen LogP contribution in [0, 0.1) is 6.92 Å². The molecule has 6 heteroatoms. The Morgan fingerprint density at radius 2 is 2.28 bits per heavy atom. The lowest BCUT2D eigenvalue weighted by Crippen LogP contribution is -2.38. The molecule has 1 aliphatic heterocycles. The maximum Gasteiger partial charge on any atom is 0.241 e. The summed E-state index contributed by atoms with van der Waals surface area (Å²) < 4.78 is 0. The molecular formula is C12H16N2O2S2. The average molecular weight is 284 g/mol. The number of carbonyl (C=O) groups is 2. The van der Waals surface area contributed by atoms with Crippen molar-refractivity contribution in [1.82, 2.24) is 9.80 Å². The smallest absolute Gasteiger partial charge is 0.241 e. The second-order valence-electron chi connectivity index (χ2n) is 4.44. The van der Waals surface area contributed by atoms with E-state index >= 15 is 0 Å². The van der Waals surface area contributed by atoms with Crippen LogP contribution in [-0.4, -0.2) is 48.0 Å². The largest absolute Gasteiger partial charge is 0.347 e. The number of thiophene rings is 1. The van der Waals surface area contributed by atoms with E-state index in [9.17, 15) is 9.59 Å². The molecule has 0 spiro atoms.